The molecule has 0 unspecified atom stereocenters. The first-order valence-electron chi connectivity index (χ1n) is 5.22. The molecule has 0 atom stereocenters. The zero-order chi connectivity index (χ0) is 10.8. The third-order valence-electron chi connectivity index (χ3n) is 2.14. The van der Waals surface area contributed by atoms with E-state index in [0.29, 0.717) is 0 Å². The molecule has 0 aromatic carbocycles. The summed E-state index contributed by atoms with van der Waals surface area (Å²) in [6, 6.07) is 0. The van der Waals surface area contributed by atoms with Gasteiger partial charge in [0.2, 0.25) is 5.91 Å². The van der Waals surface area contributed by atoms with E-state index >= 15 is 0 Å². The van der Waals surface area contributed by atoms with Gasteiger partial charge in [0.25, 0.3) is 0 Å². The van der Waals surface area contributed by atoms with E-state index in [1.54, 1.807) is 0 Å². The van der Waals surface area contributed by atoms with Crippen LogP contribution in [0.15, 0.2) is 0 Å². The van der Waals surface area contributed by atoms with Crippen molar-refractivity contribution < 1.29 is 9.53 Å². The standard InChI is InChI=1S/C10H22N2O2/c1-4-12(5-2)8-6-7-11-10(13)9-14-3/h4-9H2,1-3H3,(H,11,13). The van der Waals surface area contributed by atoms with E-state index in [1.165, 1.54) is 7.11 Å². The number of carbonyl (C=O) groups excluding carboxylic acids is 1. The summed E-state index contributed by atoms with van der Waals surface area (Å²) in [7, 11) is 1.52. The number of amides is 1. The summed E-state index contributed by atoms with van der Waals surface area (Å²) >= 11 is 0. The second-order valence-corrected chi connectivity index (χ2v) is 3.16. The molecule has 0 aliphatic carbocycles. The molecule has 1 N–H and O–H groups in total. The van der Waals surface area contributed by atoms with E-state index in [2.05, 4.69) is 24.1 Å². The van der Waals surface area contributed by atoms with Gasteiger partial charge in [-0.2, -0.15) is 0 Å². The number of nitrogens with one attached hydrogen (secondary N) is 1. The normalized spacial score (nSPS) is 10.6. The lowest BCUT2D eigenvalue weighted by Crippen LogP contribution is -2.31. The van der Waals surface area contributed by atoms with Crippen molar-refractivity contribution in [3.8, 4) is 0 Å². The molecule has 84 valence electrons. The van der Waals surface area contributed by atoms with Crippen LogP contribution in [0.3, 0.4) is 0 Å². The van der Waals surface area contributed by atoms with Crippen LogP contribution in [0.2, 0.25) is 0 Å². The summed E-state index contributed by atoms with van der Waals surface area (Å²) < 4.78 is 4.70. The summed E-state index contributed by atoms with van der Waals surface area (Å²) in [5.74, 6) is -0.0351. The number of ether oxygens (including phenoxy) is 1. The molecule has 0 aromatic heterocycles. The van der Waals surface area contributed by atoms with Gasteiger partial charge in [-0.1, -0.05) is 13.8 Å². The maximum absolute atomic E-state index is 11.0. The molecule has 14 heavy (non-hydrogen) atoms. The lowest BCUT2D eigenvalue weighted by molar-refractivity contribution is -0.124. The van der Waals surface area contributed by atoms with E-state index in [0.717, 1.165) is 32.6 Å². The molecule has 0 spiro atoms. The quantitative estimate of drug-likeness (QED) is 0.582. The number of rotatable bonds is 8. The fourth-order valence-electron chi connectivity index (χ4n) is 1.25. The summed E-state index contributed by atoms with van der Waals surface area (Å²) in [6.45, 7) is 8.37. The van der Waals surface area contributed by atoms with Crippen molar-refractivity contribution in [2.45, 2.75) is 20.3 Å². The van der Waals surface area contributed by atoms with Gasteiger partial charge in [-0.25, -0.2) is 0 Å². The van der Waals surface area contributed by atoms with Crippen LogP contribution < -0.4 is 5.32 Å². The first-order valence-corrected chi connectivity index (χ1v) is 5.22. The van der Waals surface area contributed by atoms with Crippen molar-refractivity contribution in [3.05, 3.63) is 0 Å². The van der Waals surface area contributed by atoms with Crippen LogP contribution in [0.25, 0.3) is 0 Å². The molecular formula is C10H22N2O2. The summed E-state index contributed by atoms with van der Waals surface area (Å²) in [6.07, 6.45) is 0.997. The molecule has 0 rings (SSSR count). The van der Waals surface area contributed by atoms with Crippen LogP contribution in [0.4, 0.5) is 0 Å². The molecule has 4 nitrogen and oxygen atoms in total. The minimum atomic E-state index is -0.0351. The van der Waals surface area contributed by atoms with Gasteiger partial charge in [0.15, 0.2) is 0 Å². The summed E-state index contributed by atoms with van der Waals surface area (Å²) in [5.41, 5.74) is 0. The maximum atomic E-state index is 11.0. The SMILES string of the molecule is CCN(CC)CCCNC(=O)COC. The van der Waals surface area contributed by atoms with E-state index in [9.17, 15) is 4.79 Å². The molecular weight excluding hydrogens is 180 g/mol. The predicted molar refractivity (Wildman–Crippen MR) is 57.3 cm³/mol. The van der Waals surface area contributed by atoms with Crippen molar-refractivity contribution in [1.29, 1.82) is 0 Å². The predicted octanol–water partition coefficient (Wildman–Crippen LogP) is 0.481. The molecule has 0 heterocycles. The largest absolute Gasteiger partial charge is 0.375 e. The van der Waals surface area contributed by atoms with Crippen LogP contribution in [0, 0.1) is 0 Å². The molecule has 0 aliphatic rings. The van der Waals surface area contributed by atoms with Crippen LogP contribution in [-0.4, -0.2) is 50.7 Å². The van der Waals surface area contributed by atoms with E-state index in [4.69, 9.17) is 4.74 Å². The van der Waals surface area contributed by atoms with Gasteiger partial charge in [0, 0.05) is 13.7 Å². The van der Waals surface area contributed by atoms with E-state index in [-0.39, 0.29) is 12.5 Å². The van der Waals surface area contributed by atoms with Crippen molar-refractivity contribution in [2.24, 2.45) is 0 Å². The number of methoxy groups -OCH3 is 1. The average Bonchev–Trinajstić information content (AvgIpc) is 2.19. The highest BCUT2D eigenvalue weighted by atomic mass is 16.5. The molecule has 0 fully saturated rings. The van der Waals surface area contributed by atoms with Gasteiger partial charge in [0.1, 0.15) is 6.61 Å². The third-order valence-corrected chi connectivity index (χ3v) is 2.14. The van der Waals surface area contributed by atoms with Gasteiger partial charge in [-0.3, -0.25) is 4.79 Å². The summed E-state index contributed by atoms with van der Waals surface area (Å²) in [5, 5.41) is 2.80. The molecule has 0 saturated heterocycles. The molecule has 0 bridgehead atoms. The molecule has 4 heteroatoms. The van der Waals surface area contributed by atoms with Crippen LogP contribution in [-0.2, 0) is 9.53 Å². The lowest BCUT2D eigenvalue weighted by Gasteiger charge is -2.17. The van der Waals surface area contributed by atoms with Crippen LogP contribution in [0.5, 0.6) is 0 Å². The zero-order valence-electron chi connectivity index (χ0n) is 9.51. The number of nitrogens with zero attached hydrogens (tertiary/aromatic N) is 1. The lowest BCUT2D eigenvalue weighted by atomic mass is 10.3. The number of carbonyl (C=O) groups is 1. The Morgan fingerprint density at radius 2 is 2.00 bits per heavy atom. The zero-order valence-corrected chi connectivity index (χ0v) is 9.51. The topological polar surface area (TPSA) is 41.6 Å². The van der Waals surface area contributed by atoms with Gasteiger partial charge in [0.05, 0.1) is 0 Å². The first-order chi connectivity index (χ1) is 6.74. The maximum Gasteiger partial charge on any atom is 0.245 e. The van der Waals surface area contributed by atoms with Crippen LogP contribution in [0.1, 0.15) is 20.3 Å². The number of hydrogen-bond donors (Lipinski definition) is 1. The highest BCUT2D eigenvalue weighted by Gasteiger charge is 2.00. The van der Waals surface area contributed by atoms with Crippen LogP contribution >= 0.6 is 0 Å². The molecule has 0 saturated carbocycles. The Kier molecular flexibility index (Phi) is 8.57. The molecule has 1 amide bonds. The van der Waals surface area contributed by atoms with Gasteiger partial charge >= 0.3 is 0 Å². The fourth-order valence-corrected chi connectivity index (χ4v) is 1.25. The smallest absolute Gasteiger partial charge is 0.245 e. The fraction of sp³-hybridized carbons (Fsp3) is 0.900. The molecule has 0 aromatic rings. The van der Waals surface area contributed by atoms with Crippen molar-refractivity contribution >= 4 is 5.91 Å². The van der Waals surface area contributed by atoms with Crippen molar-refractivity contribution in [3.63, 3.8) is 0 Å². The van der Waals surface area contributed by atoms with Gasteiger partial charge in [-0.05, 0) is 26.1 Å². The van der Waals surface area contributed by atoms with Crippen molar-refractivity contribution in [1.82, 2.24) is 10.2 Å². The Morgan fingerprint density at radius 1 is 1.36 bits per heavy atom. The second kappa shape index (κ2) is 8.97. The van der Waals surface area contributed by atoms with Gasteiger partial charge in [-0.15, -0.1) is 0 Å². The van der Waals surface area contributed by atoms with Crippen molar-refractivity contribution in [2.75, 3.05) is 39.9 Å². The minimum Gasteiger partial charge on any atom is -0.375 e. The first kappa shape index (κ1) is 13.4. The summed E-state index contributed by atoms with van der Waals surface area (Å²) in [4.78, 5) is 13.3. The van der Waals surface area contributed by atoms with E-state index in [1.807, 2.05) is 0 Å². The highest BCUT2D eigenvalue weighted by Crippen LogP contribution is 1.89. The monoisotopic (exact) mass is 202 g/mol. The highest BCUT2D eigenvalue weighted by molar-refractivity contribution is 5.77. The number of hydrogen-bond acceptors (Lipinski definition) is 3. The average molecular weight is 202 g/mol. The third kappa shape index (κ3) is 6.86. The molecule has 0 radical (unpaired) electrons. The Morgan fingerprint density at radius 3 is 2.50 bits per heavy atom. The Bertz CT molecular complexity index is 147. The Balaban J connectivity index is 3.32. The minimum absolute atomic E-state index is 0.0351. The Labute approximate surface area is 86.6 Å². The molecule has 0 aliphatic heterocycles. The van der Waals surface area contributed by atoms with E-state index < -0.39 is 0 Å². The Hall–Kier alpha value is -0.610. The van der Waals surface area contributed by atoms with Gasteiger partial charge < -0.3 is 15.0 Å². The second-order valence-electron chi connectivity index (χ2n) is 3.16.